The molecule has 0 unspecified atom stereocenters. The van der Waals surface area contributed by atoms with E-state index in [2.05, 4.69) is 21.1 Å². The number of nitrogens with zero attached hydrogens (tertiary/aromatic N) is 3. The van der Waals surface area contributed by atoms with Crippen LogP contribution in [0.4, 0.5) is 21.0 Å². The molecule has 1 aromatic heterocycles. The number of aryl methyl sites for hydroxylation is 2. The van der Waals surface area contributed by atoms with Crippen molar-refractivity contribution in [1.29, 1.82) is 0 Å². The number of aliphatic hydroxyl groups excluding tert-OH is 1. The van der Waals surface area contributed by atoms with Gasteiger partial charge in [0, 0.05) is 44.4 Å². The molecular weight excluding hydrogens is 616 g/mol. The summed E-state index contributed by atoms with van der Waals surface area (Å²) in [5.74, 6) is 0.349. The number of ether oxygens (including phenoxy) is 2. The fraction of sp³-hybridized carbons (Fsp3) is 0.657. The summed E-state index contributed by atoms with van der Waals surface area (Å²) < 4.78 is 17.8. The molecule has 4 N–H and O–H groups in total. The van der Waals surface area contributed by atoms with E-state index in [1.165, 1.54) is 6.42 Å². The monoisotopic (exact) mass is 670 g/mol. The van der Waals surface area contributed by atoms with Gasteiger partial charge in [0.1, 0.15) is 17.1 Å². The Balaban J connectivity index is 1.57. The number of anilines is 2. The Morgan fingerprint density at radius 2 is 1.81 bits per heavy atom. The fourth-order valence-electron chi connectivity index (χ4n) is 6.28. The van der Waals surface area contributed by atoms with Crippen LogP contribution in [0.1, 0.15) is 93.9 Å². The molecule has 1 aliphatic heterocycles. The first-order chi connectivity index (χ1) is 23.0. The highest BCUT2D eigenvalue weighted by Crippen LogP contribution is 2.29. The summed E-state index contributed by atoms with van der Waals surface area (Å²) in [5, 5.41) is 22.8. The molecule has 0 saturated heterocycles. The maximum Gasteiger partial charge on any atom is 0.323 e. The zero-order chi connectivity index (χ0) is 34.8. The minimum Gasteiger partial charge on any atom is -0.490 e. The van der Waals surface area contributed by atoms with Crippen molar-refractivity contribution in [3.8, 4) is 5.75 Å². The van der Waals surface area contributed by atoms with Crippen molar-refractivity contribution in [3.63, 3.8) is 0 Å². The number of urea groups is 2. The van der Waals surface area contributed by atoms with E-state index in [4.69, 9.17) is 14.0 Å². The quantitative estimate of drug-likeness (QED) is 0.292. The number of benzene rings is 1. The van der Waals surface area contributed by atoms with E-state index in [1.54, 1.807) is 55.8 Å². The van der Waals surface area contributed by atoms with Gasteiger partial charge in [-0.05, 0) is 78.0 Å². The molecule has 2 aliphatic rings. The van der Waals surface area contributed by atoms with Gasteiger partial charge in [-0.15, -0.1) is 0 Å². The Morgan fingerprint density at radius 3 is 2.50 bits per heavy atom. The van der Waals surface area contributed by atoms with Gasteiger partial charge in [-0.3, -0.25) is 4.79 Å². The molecule has 4 atom stereocenters. The smallest absolute Gasteiger partial charge is 0.323 e. The summed E-state index contributed by atoms with van der Waals surface area (Å²) in [6, 6.07) is 4.02. The fourth-order valence-corrected chi connectivity index (χ4v) is 6.28. The number of likely N-dealkylation sites (N-methyl/N-ethyl adjacent to an activating group) is 1. The average molecular weight is 671 g/mol. The Labute approximate surface area is 284 Å². The molecule has 0 spiro atoms. The molecule has 5 amide bonds. The molecule has 13 nitrogen and oxygen atoms in total. The van der Waals surface area contributed by atoms with Gasteiger partial charge in [0.25, 0.3) is 5.91 Å². The third-order valence-electron chi connectivity index (χ3n) is 9.31. The minimum absolute atomic E-state index is 0.118. The van der Waals surface area contributed by atoms with E-state index in [1.807, 2.05) is 13.8 Å². The van der Waals surface area contributed by atoms with E-state index in [0.717, 1.165) is 44.9 Å². The van der Waals surface area contributed by atoms with Gasteiger partial charge >= 0.3 is 12.1 Å². The number of rotatable bonds is 7. The SMILES string of the molecule is Cc1noc(C)c1NC(=O)Nc1ccc2c(c1)C(=O)N([C@@H](C)CO)C[C@H](C)[C@@H](CN(C)C(=O)NC1CCCCC1)OCCCC[C@H](C)O2. The predicted molar refractivity (Wildman–Crippen MR) is 184 cm³/mol. The van der Waals surface area contributed by atoms with E-state index < -0.39 is 12.1 Å². The Kier molecular flexibility index (Phi) is 13.5. The topological polar surface area (TPSA) is 158 Å². The maximum atomic E-state index is 14.4. The first kappa shape index (κ1) is 37.0. The molecule has 0 bridgehead atoms. The molecule has 1 saturated carbocycles. The lowest BCUT2D eigenvalue weighted by Crippen LogP contribution is -2.50. The lowest BCUT2D eigenvalue weighted by Gasteiger charge is -2.36. The van der Waals surface area contributed by atoms with Crippen molar-refractivity contribution < 1.29 is 33.5 Å². The van der Waals surface area contributed by atoms with E-state index >= 15 is 0 Å². The average Bonchev–Trinajstić information content (AvgIpc) is 3.38. The number of nitrogens with one attached hydrogen (secondary N) is 3. The van der Waals surface area contributed by atoms with Crippen LogP contribution in [0.15, 0.2) is 22.7 Å². The first-order valence-corrected chi connectivity index (χ1v) is 17.3. The Bertz CT molecular complexity index is 1360. The predicted octanol–water partition coefficient (Wildman–Crippen LogP) is 5.71. The standard InChI is InChI=1S/C35H54N6O7/c1-22-19-41(23(2)21-42)33(43)29-18-28(36-34(44)38-32-25(4)39-48-26(32)5)15-16-30(29)47-24(3)12-10-11-17-46-31(22)20-40(6)35(45)37-27-13-8-7-9-14-27/h15-16,18,22-24,27,31,42H,7-14,17,19-21H2,1-6H3,(H,37,45)(H2,36,38,44)/t22-,23-,24-,31+/m0/s1. The number of carbonyl (C=O) groups is 3. The van der Waals surface area contributed by atoms with Gasteiger partial charge in [-0.25, -0.2) is 9.59 Å². The number of aromatic nitrogens is 1. The second-order valence-corrected chi connectivity index (χ2v) is 13.5. The zero-order valence-corrected chi connectivity index (χ0v) is 29.3. The van der Waals surface area contributed by atoms with E-state index in [9.17, 15) is 19.5 Å². The molecular formula is C35H54N6O7. The molecule has 1 fully saturated rings. The second kappa shape index (κ2) is 17.5. The molecule has 266 valence electrons. The molecule has 0 radical (unpaired) electrons. The molecule has 4 rings (SSSR count). The highest BCUT2D eigenvalue weighted by Gasteiger charge is 2.31. The number of carbonyl (C=O) groups excluding carboxylic acids is 3. The van der Waals surface area contributed by atoms with Crippen molar-refractivity contribution in [3.05, 3.63) is 35.2 Å². The minimum atomic E-state index is -0.523. The summed E-state index contributed by atoms with van der Waals surface area (Å²) in [7, 11) is 1.78. The number of hydrogen-bond donors (Lipinski definition) is 4. The normalized spacial score (nSPS) is 22.1. The summed E-state index contributed by atoms with van der Waals surface area (Å²) in [6.45, 7) is 10.1. The highest BCUT2D eigenvalue weighted by atomic mass is 16.5. The van der Waals surface area contributed by atoms with Crippen molar-refractivity contribution in [2.75, 3.05) is 44.0 Å². The second-order valence-electron chi connectivity index (χ2n) is 13.5. The Hall–Kier alpha value is -3.84. The first-order valence-electron chi connectivity index (χ1n) is 17.3. The van der Waals surface area contributed by atoms with Crippen LogP contribution in [0.3, 0.4) is 0 Å². The van der Waals surface area contributed by atoms with Crippen LogP contribution in [0.5, 0.6) is 5.75 Å². The van der Waals surface area contributed by atoms with Gasteiger partial charge in [-0.1, -0.05) is 31.3 Å². The molecule has 13 heteroatoms. The zero-order valence-electron chi connectivity index (χ0n) is 29.3. The third kappa shape index (κ3) is 10.1. The number of amides is 5. The van der Waals surface area contributed by atoms with Crippen LogP contribution in [0, 0.1) is 19.8 Å². The number of hydrogen-bond acceptors (Lipinski definition) is 8. The number of aliphatic hydroxyl groups is 1. The Morgan fingerprint density at radius 1 is 1.08 bits per heavy atom. The van der Waals surface area contributed by atoms with Crippen LogP contribution in [0.25, 0.3) is 0 Å². The van der Waals surface area contributed by atoms with Gasteiger partial charge in [0.2, 0.25) is 0 Å². The van der Waals surface area contributed by atoms with E-state index in [-0.39, 0.29) is 54.8 Å². The molecule has 1 aliphatic carbocycles. The van der Waals surface area contributed by atoms with Crippen LogP contribution in [-0.2, 0) is 4.74 Å². The molecule has 1 aromatic carbocycles. The molecule has 48 heavy (non-hydrogen) atoms. The van der Waals surface area contributed by atoms with Crippen molar-refractivity contribution in [2.45, 2.75) is 110 Å². The lowest BCUT2D eigenvalue weighted by atomic mass is 9.96. The van der Waals surface area contributed by atoms with Crippen LogP contribution < -0.4 is 20.7 Å². The summed E-state index contributed by atoms with van der Waals surface area (Å²) in [5.41, 5.74) is 1.68. The highest BCUT2D eigenvalue weighted by molar-refractivity contribution is 6.03. The third-order valence-corrected chi connectivity index (χ3v) is 9.31. The van der Waals surface area contributed by atoms with Gasteiger partial charge in [0.05, 0.1) is 30.4 Å². The van der Waals surface area contributed by atoms with Crippen molar-refractivity contribution in [2.24, 2.45) is 5.92 Å². The number of fused-ring (bicyclic) bond motifs is 1. The summed E-state index contributed by atoms with van der Waals surface area (Å²) in [6.07, 6.45) is 7.37. The lowest BCUT2D eigenvalue weighted by molar-refractivity contribution is -0.0123. The van der Waals surface area contributed by atoms with Crippen molar-refractivity contribution in [1.82, 2.24) is 20.3 Å². The largest absolute Gasteiger partial charge is 0.490 e. The summed E-state index contributed by atoms with van der Waals surface area (Å²) >= 11 is 0. The van der Waals surface area contributed by atoms with Crippen molar-refractivity contribution >= 4 is 29.3 Å². The maximum absolute atomic E-state index is 14.4. The molecule has 2 heterocycles. The molecule has 2 aromatic rings. The van der Waals surface area contributed by atoms with Crippen LogP contribution in [0.2, 0.25) is 0 Å². The van der Waals surface area contributed by atoms with Crippen LogP contribution in [-0.4, -0.2) is 95.7 Å². The van der Waals surface area contributed by atoms with Gasteiger partial charge < -0.3 is 44.9 Å². The van der Waals surface area contributed by atoms with Gasteiger partial charge in [-0.2, -0.15) is 0 Å². The van der Waals surface area contributed by atoms with E-state index in [0.29, 0.717) is 41.7 Å². The van der Waals surface area contributed by atoms with Gasteiger partial charge in [0.15, 0.2) is 5.76 Å². The summed E-state index contributed by atoms with van der Waals surface area (Å²) in [4.78, 5) is 43.7. The van der Waals surface area contributed by atoms with Crippen LogP contribution >= 0.6 is 0 Å².